The van der Waals surface area contributed by atoms with Crippen LogP contribution in [0.5, 0.6) is 0 Å². The summed E-state index contributed by atoms with van der Waals surface area (Å²) in [5.74, 6) is -0.299. The zero-order valence-electron chi connectivity index (χ0n) is 11.0. The van der Waals surface area contributed by atoms with E-state index in [2.05, 4.69) is 5.10 Å². The molecular weight excluding hydrogens is 253 g/mol. The van der Waals surface area contributed by atoms with Crippen LogP contribution in [0.3, 0.4) is 0 Å². The van der Waals surface area contributed by atoms with Crippen molar-refractivity contribution in [3.8, 4) is 16.9 Å². The van der Waals surface area contributed by atoms with Gasteiger partial charge in [0.15, 0.2) is 0 Å². The van der Waals surface area contributed by atoms with Gasteiger partial charge >= 0.3 is 0 Å². The average Bonchev–Trinajstić information content (AvgIpc) is 2.82. The summed E-state index contributed by atoms with van der Waals surface area (Å²) in [5, 5.41) is 4.45. The molecule has 0 fully saturated rings. The van der Waals surface area contributed by atoms with E-state index in [1.54, 1.807) is 23.0 Å². The number of nitrogens with two attached hydrogens (primary N) is 1. The zero-order chi connectivity index (χ0) is 14.1. The Labute approximate surface area is 116 Å². The van der Waals surface area contributed by atoms with Gasteiger partial charge in [0.1, 0.15) is 11.5 Å². The van der Waals surface area contributed by atoms with Crippen molar-refractivity contribution in [2.45, 2.75) is 6.92 Å². The minimum absolute atomic E-state index is 0.299. The van der Waals surface area contributed by atoms with Gasteiger partial charge < -0.3 is 5.73 Å². The summed E-state index contributed by atoms with van der Waals surface area (Å²) in [6, 6.07) is 14.2. The van der Waals surface area contributed by atoms with Gasteiger partial charge in [-0.05, 0) is 31.2 Å². The fourth-order valence-corrected chi connectivity index (χ4v) is 2.08. The quantitative estimate of drug-likeness (QED) is 0.771. The molecule has 3 nitrogen and oxygen atoms in total. The number of benzene rings is 2. The standard InChI is InChI=1S/C16H14FN3/c1-11-5-7-14(8-6-11)20-10-15(18)16(19-20)12-3-2-4-13(17)9-12/h2-10H,18H2,1H3. The van der Waals surface area contributed by atoms with Crippen LogP contribution < -0.4 is 5.73 Å². The number of halogens is 1. The Morgan fingerprint density at radius 1 is 1.10 bits per heavy atom. The number of aromatic nitrogens is 2. The average molecular weight is 267 g/mol. The van der Waals surface area contributed by atoms with Gasteiger partial charge in [-0.25, -0.2) is 9.07 Å². The molecule has 20 heavy (non-hydrogen) atoms. The Morgan fingerprint density at radius 2 is 1.85 bits per heavy atom. The third-order valence-corrected chi connectivity index (χ3v) is 3.14. The number of hydrogen-bond donors (Lipinski definition) is 1. The topological polar surface area (TPSA) is 43.8 Å². The number of nitrogens with zero attached hydrogens (tertiary/aromatic N) is 2. The molecule has 0 saturated heterocycles. The molecule has 0 saturated carbocycles. The van der Waals surface area contributed by atoms with E-state index >= 15 is 0 Å². The molecule has 0 aliphatic rings. The second-order valence-corrected chi connectivity index (χ2v) is 4.72. The van der Waals surface area contributed by atoms with Gasteiger partial charge in [-0.3, -0.25) is 0 Å². The van der Waals surface area contributed by atoms with E-state index in [1.165, 1.54) is 17.7 Å². The van der Waals surface area contributed by atoms with Crippen molar-refractivity contribution in [3.05, 3.63) is 66.1 Å². The molecule has 0 amide bonds. The van der Waals surface area contributed by atoms with Crippen molar-refractivity contribution in [3.63, 3.8) is 0 Å². The Kier molecular flexibility index (Phi) is 2.99. The van der Waals surface area contributed by atoms with E-state index in [0.717, 1.165) is 5.69 Å². The van der Waals surface area contributed by atoms with E-state index in [1.807, 2.05) is 31.2 Å². The number of rotatable bonds is 2. The molecule has 3 aromatic rings. The molecule has 1 aromatic heterocycles. The van der Waals surface area contributed by atoms with Gasteiger partial charge in [0.05, 0.1) is 17.6 Å². The van der Waals surface area contributed by atoms with Gasteiger partial charge in [0.25, 0.3) is 0 Å². The molecule has 3 rings (SSSR count). The van der Waals surface area contributed by atoms with Gasteiger partial charge in [0, 0.05) is 5.56 Å². The lowest BCUT2D eigenvalue weighted by Crippen LogP contribution is -1.94. The Morgan fingerprint density at radius 3 is 2.55 bits per heavy atom. The lowest BCUT2D eigenvalue weighted by Gasteiger charge is -2.01. The third-order valence-electron chi connectivity index (χ3n) is 3.14. The molecule has 2 aromatic carbocycles. The van der Waals surface area contributed by atoms with Crippen LogP contribution in [0.1, 0.15) is 5.56 Å². The van der Waals surface area contributed by atoms with E-state index in [9.17, 15) is 4.39 Å². The largest absolute Gasteiger partial charge is 0.396 e. The van der Waals surface area contributed by atoms with Crippen LogP contribution in [0, 0.1) is 12.7 Å². The molecule has 0 bridgehead atoms. The molecule has 0 unspecified atom stereocenters. The van der Waals surface area contributed by atoms with E-state index < -0.39 is 0 Å². The van der Waals surface area contributed by atoms with E-state index in [4.69, 9.17) is 5.73 Å². The molecular formula is C16H14FN3. The summed E-state index contributed by atoms with van der Waals surface area (Å²) >= 11 is 0. The van der Waals surface area contributed by atoms with Crippen molar-refractivity contribution in [1.82, 2.24) is 9.78 Å². The van der Waals surface area contributed by atoms with Crippen LogP contribution in [0.25, 0.3) is 16.9 Å². The fourth-order valence-electron chi connectivity index (χ4n) is 2.08. The maximum absolute atomic E-state index is 13.3. The van der Waals surface area contributed by atoms with Crippen molar-refractivity contribution in [2.75, 3.05) is 5.73 Å². The highest BCUT2D eigenvalue weighted by atomic mass is 19.1. The SMILES string of the molecule is Cc1ccc(-n2cc(N)c(-c3cccc(F)c3)n2)cc1. The maximum Gasteiger partial charge on any atom is 0.123 e. The van der Waals surface area contributed by atoms with Crippen LogP contribution >= 0.6 is 0 Å². The summed E-state index contributed by atoms with van der Waals surface area (Å²) in [6.07, 6.45) is 1.74. The summed E-state index contributed by atoms with van der Waals surface area (Å²) in [6.45, 7) is 2.03. The van der Waals surface area contributed by atoms with Gasteiger partial charge in [-0.1, -0.05) is 29.8 Å². The first-order valence-electron chi connectivity index (χ1n) is 6.31. The smallest absolute Gasteiger partial charge is 0.123 e. The van der Waals surface area contributed by atoms with Crippen LogP contribution in [0.15, 0.2) is 54.7 Å². The van der Waals surface area contributed by atoms with Crippen molar-refractivity contribution < 1.29 is 4.39 Å². The van der Waals surface area contributed by atoms with Crippen LogP contribution in [-0.2, 0) is 0 Å². The Hall–Kier alpha value is -2.62. The Bertz CT molecular complexity index is 745. The zero-order valence-corrected chi connectivity index (χ0v) is 11.0. The van der Waals surface area contributed by atoms with E-state index in [-0.39, 0.29) is 5.82 Å². The van der Waals surface area contributed by atoms with Gasteiger partial charge in [0.2, 0.25) is 0 Å². The summed E-state index contributed by atoms with van der Waals surface area (Å²) in [5.41, 5.74) is 9.87. The molecule has 0 aliphatic carbocycles. The molecule has 4 heteroatoms. The molecule has 1 heterocycles. The highest BCUT2D eigenvalue weighted by molar-refractivity contribution is 5.72. The number of anilines is 1. The second kappa shape index (κ2) is 4.81. The number of hydrogen-bond acceptors (Lipinski definition) is 2. The maximum atomic E-state index is 13.3. The summed E-state index contributed by atoms with van der Waals surface area (Å²) in [7, 11) is 0. The lowest BCUT2D eigenvalue weighted by atomic mass is 10.1. The van der Waals surface area contributed by atoms with Gasteiger partial charge in [-0.2, -0.15) is 5.10 Å². The lowest BCUT2D eigenvalue weighted by molar-refractivity contribution is 0.628. The molecule has 100 valence electrons. The van der Waals surface area contributed by atoms with E-state index in [0.29, 0.717) is 16.9 Å². The first-order chi connectivity index (χ1) is 9.63. The molecule has 0 atom stereocenters. The minimum Gasteiger partial charge on any atom is -0.396 e. The second-order valence-electron chi connectivity index (χ2n) is 4.72. The highest BCUT2D eigenvalue weighted by Gasteiger charge is 2.10. The monoisotopic (exact) mass is 267 g/mol. The van der Waals surface area contributed by atoms with Crippen LogP contribution in [-0.4, -0.2) is 9.78 Å². The van der Waals surface area contributed by atoms with Crippen molar-refractivity contribution >= 4 is 5.69 Å². The predicted molar refractivity (Wildman–Crippen MR) is 78.1 cm³/mol. The van der Waals surface area contributed by atoms with Crippen LogP contribution in [0.2, 0.25) is 0 Å². The summed E-state index contributed by atoms with van der Waals surface area (Å²) < 4.78 is 15.0. The van der Waals surface area contributed by atoms with Crippen LogP contribution in [0.4, 0.5) is 10.1 Å². The molecule has 2 N–H and O–H groups in total. The van der Waals surface area contributed by atoms with Gasteiger partial charge in [-0.15, -0.1) is 0 Å². The molecule has 0 radical (unpaired) electrons. The summed E-state index contributed by atoms with van der Waals surface area (Å²) in [4.78, 5) is 0. The third kappa shape index (κ3) is 2.28. The highest BCUT2D eigenvalue weighted by Crippen LogP contribution is 2.25. The number of nitrogen functional groups attached to an aromatic ring is 1. The molecule has 0 spiro atoms. The first kappa shape index (κ1) is 12.4. The first-order valence-corrected chi connectivity index (χ1v) is 6.31. The molecule has 0 aliphatic heterocycles. The van der Waals surface area contributed by atoms with Crippen molar-refractivity contribution in [2.24, 2.45) is 0 Å². The normalized spacial score (nSPS) is 10.7. The number of aryl methyl sites for hydroxylation is 1. The van der Waals surface area contributed by atoms with Crippen molar-refractivity contribution in [1.29, 1.82) is 0 Å². The Balaban J connectivity index is 2.05. The fraction of sp³-hybridized carbons (Fsp3) is 0.0625. The minimum atomic E-state index is -0.299. The predicted octanol–water partition coefficient (Wildman–Crippen LogP) is 3.57.